The normalized spacial score (nSPS) is 11.0. The summed E-state index contributed by atoms with van der Waals surface area (Å²) >= 11 is 0. The molecular weight excluding hydrogens is 400 g/mol. The molecule has 0 saturated heterocycles. The fourth-order valence-corrected chi connectivity index (χ4v) is 3.90. The highest BCUT2D eigenvalue weighted by Crippen LogP contribution is 2.20. The van der Waals surface area contributed by atoms with Crippen molar-refractivity contribution in [2.24, 2.45) is 0 Å². The molecule has 156 valence electrons. The standard InChI is InChI=1S/C23H24N2O4S/c1-18-8-5-6-11-22(18)25-30(27,28)21-15-13-19(14-16-21)24-23(26)12-7-17-29-20-9-3-2-4-10-20/h2-6,8-11,13-16,25H,7,12,17H2,1H3,(H,24,26). The molecule has 3 rings (SSSR count). The Kier molecular flexibility index (Phi) is 7.08. The summed E-state index contributed by atoms with van der Waals surface area (Å²) in [7, 11) is -3.70. The Labute approximate surface area is 177 Å². The number of hydrogen-bond acceptors (Lipinski definition) is 4. The van der Waals surface area contributed by atoms with Gasteiger partial charge in [0, 0.05) is 12.1 Å². The van der Waals surface area contributed by atoms with E-state index in [0.717, 1.165) is 11.3 Å². The average molecular weight is 425 g/mol. The second-order valence-corrected chi connectivity index (χ2v) is 8.44. The predicted molar refractivity (Wildman–Crippen MR) is 118 cm³/mol. The van der Waals surface area contributed by atoms with Crippen molar-refractivity contribution in [1.82, 2.24) is 0 Å². The van der Waals surface area contributed by atoms with Gasteiger partial charge < -0.3 is 10.1 Å². The maximum atomic E-state index is 12.6. The Balaban J connectivity index is 1.50. The number of carbonyl (C=O) groups is 1. The number of para-hydroxylation sites is 2. The minimum Gasteiger partial charge on any atom is -0.494 e. The number of ether oxygens (including phenoxy) is 1. The molecule has 1 amide bonds. The lowest BCUT2D eigenvalue weighted by molar-refractivity contribution is -0.116. The van der Waals surface area contributed by atoms with Crippen LogP contribution in [0.4, 0.5) is 11.4 Å². The number of hydrogen-bond donors (Lipinski definition) is 2. The van der Waals surface area contributed by atoms with Gasteiger partial charge in [0.25, 0.3) is 10.0 Å². The van der Waals surface area contributed by atoms with E-state index in [-0.39, 0.29) is 10.8 Å². The van der Waals surface area contributed by atoms with Crippen molar-refractivity contribution in [2.45, 2.75) is 24.7 Å². The molecule has 0 aliphatic rings. The monoisotopic (exact) mass is 424 g/mol. The molecule has 0 aromatic heterocycles. The first-order valence-corrected chi connectivity index (χ1v) is 11.1. The van der Waals surface area contributed by atoms with Crippen molar-refractivity contribution in [2.75, 3.05) is 16.6 Å². The molecule has 0 aliphatic heterocycles. The summed E-state index contributed by atoms with van der Waals surface area (Å²) in [6.07, 6.45) is 0.884. The van der Waals surface area contributed by atoms with Gasteiger partial charge >= 0.3 is 0 Å². The largest absolute Gasteiger partial charge is 0.494 e. The van der Waals surface area contributed by atoms with Crippen molar-refractivity contribution in [3.05, 3.63) is 84.4 Å². The van der Waals surface area contributed by atoms with E-state index in [1.165, 1.54) is 12.1 Å². The fraction of sp³-hybridized carbons (Fsp3) is 0.174. The van der Waals surface area contributed by atoms with Gasteiger partial charge in [-0.15, -0.1) is 0 Å². The van der Waals surface area contributed by atoms with Crippen LogP contribution in [0.2, 0.25) is 0 Å². The Bertz CT molecular complexity index is 1080. The lowest BCUT2D eigenvalue weighted by Crippen LogP contribution is -2.15. The van der Waals surface area contributed by atoms with Gasteiger partial charge in [-0.05, 0) is 61.4 Å². The number of benzene rings is 3. The topological polar surface area (TPSA) is 84.5 Å². The molecule has 6 nitrogen and oxygen atoms in total. The number of rotatable bonds is 9. The van der Waals surface area contributed by atoms with Crippen molar-refractivity contribution in [1.29, 1.82) is 0 Å². The quantitative estimate of drug-likeness (QED) is 0.492. The lowest BCUT2D eigenvalue weighted by Gasteiger charge is -2.11. The first-order valence-electron chi connectivity index (χ1n) is 9.60. The summed E-state index contributed by atoms with van der Waals surface area (Å²) in [4.78, 5) is 12.2. The van der Waals surface area contributed by atoms with Gasteiger partial charge in [0.15, 0.2) is 0 Å². The first kappa shape index (κ1) is 21.4. The van der Waals surface area contributed by atoms with E-state index in [4.69, 9.17) is 4.74 Å². The molecular formula is C23H24N2O4S. The zero-order chi connectivity index (χ0) is 21.4. The van der Waals surface area contributed by atoms with Crippen molar-refractivity contribution >= 4 is 27.3 Å². The van der Waals surface area contributed by atoms with Crippen LogP contribution >= 0.6 is 0 Å². The van der Waals surface area contributed by atoms with Crippen molar-refractivity contribution in [3.63, 3.8) is 0 Å². The smallest absolute Gasteiger partial charge is 0.261 e. The second-order valence-electron chi connectivity index (χ2n) is 6.76. The van der Waals surface area contributed by atoms with Gasteiger partial charge in [-0.1, -0.05) is 36.4 Å². The summed E-state index contributed by atoms with van der Waals surface area (Å²) in [5.41, 5.74) is 1.91. The zero-order valence-electron chi connectivity index (χ0n) is 16.7. The molecule has 7 heteroatoms. The van der Waals surface area contributed by atoms with Crippen LogP contribution in [0.15, 0.2) is 83.8 Å². The second kappa shape index (κ2) is 9.93. The summed E-state index contributed by atoms with van der Waals surface area (Å²) in [6.45, 7) is 2.28. The number of anilines is 2. The molecule has 0 heterocycles. The molecule has 0 spiro atoms. The van der Waals surface area contributed by atoms with E-state index in [1.807, 2.05) is 49.4 Å². The van der Waals surface area contributed by atoms with Crippen molar-refractivity contribution < 1.29 is 17.9 Å². The van der Waals surface area contributed by atoms with Crippen LogP contribution in [0, 0.1) is 6.92 Å². The SMILES string of the molecule is Cc1ccccc1NS(=O)(=O)c1ccc(NC(=O)CCCOc2ccccc2)cc1. The number of aryl methyl sites for hydroxylation is 1. The Morgan fingerprint density at radius 2 is 1.57 bits per heavy atom. The van der Waals surface area contributed by atoms with E-state index in [9.17, 15) is 13.2 Å². The fourth-order valence-electron chi connectivity index (χ4n) is 2.77. The van der Waals surface area contributed by atoms with Gasteiger partial charge in [-0.3, -0.25) is 9.52 Å². The first-order chi connectivity index (χ1) is 14.4. The van der Waals surface area contributed by atoms with Crippen LogP contribution in [0.1, 0.15) is 18.4 Å². The van der Waals surface area contributed by atoms with Gasteiger partial charge in [-0.2, -0.15) is 0 Å². The Morgan fingerprint density at radius 1 is 0.900 bits per heavy atom. The van der Waals surface area contributed by atoms with Crippen LogP contribution in [0.3, 0.4) is 0 Å². The molecule has 3 aromatic carbocycles. The summed E-state index contributed by atoms with van der Waals surface area (Å²) in [5, 5.41) is 2.77. The molecule has 0 radical (unpaired) electrons. The Hall–Kier alpha value is -3.32. The number of sulfonamides is 1. The molecule has 2 N–H and O–H groups in total. The highest BCUT2D eigenvalue weighted by molar-refractivity contribution is 7.92. The van der Waals surface area contributed by atoms with E-state index in [0.29, 0.717) is 30.8 Å². The molecule has 0 fully saturated rings. The third-order valence-electron chi connectivity index (χ3n) is 4.40. The highest BCUT2D eigenvalue weighted by atomic mass is 32.2. The predicted octanol–water partition coefficient (Wildman–Crippen LogP) is 4.59. The van der Waals surface area contributed by atoms with Crippen LogP contribution in [0.5, 0.6) is 5.75 Å². The lowest BCUT2D eigenvalue weighted by atomic mass is 10.2. The highest BCUT2D eigenvalue weighted by Gasteiger charge is 2.15. The van der Waals surface area contributed by atoms with Crippen LogP contribution in [0.25, 0.3) is 0 Å². The van der Waals surface area contributed by atoms with Crippen LogP contribution < -0.4 is 14.8 Å². The van der Waals surface area contributed by atoms with Gasteiger partial charge in [0.2, 0.25) is 5.91 Å². The summed E-state index contributed by atoms with van der Waals surface area (Å²) < 4.78 is 33.3. The summed E-state index contributed by atoms with van der Waals surface area (Å²) in [5.74, 6) is 0.620. The molecule has 0 bridgehead atoms. The number of nitrogens with one attached hydrogen (secondary N) is 2. The molecule has 0 atom stereocenters. The van der Waals surface area contributed by atoms with Gasteiger partial charge in [0.1, 0.15) is 5.75 Å². The van der Waals surface area contributed by atoms with E-state index in [1.54, 1.807) is 24.3 Å². The van der Waals surface area contributed by atoms with Gasteiger partial charge in [0.05, 0.1) is 17.2 Å². The van der Waals surface area contributed by atoms with E-state index in [2.05, 4.69) is 10.0 Å². The van der Waals surface area contributed by atoms with Crippen LogP contribution in [-0.4, -0.2) is 20.9 Å². The van der Waals surface area contributed by atoms with Gasteiger partial charge in [-0.25, -0.2) is 8.42 Å². The van der Waals surface area contributed by atoms with Crippen molar-refractivity contribution in [3.8, 4) is 5.75 Å². The maximum Gasteiger partial charge on any atom is 0.261 e. The van der Waals surface area contributed by atoms with E-state index >= 15 is 0 Å². The van der Waals surface area contributed by atoms with Crippen LogP contribution in [-0.2, 0) is 14.8 Å². The van der Waals surface area contributed by atoms with E-state index < -0.39 is 10.0 Å². The minimum atomic E-state index is -3.70. The third-order valence-corrected chi connectivity index (χ3v) is 5.78. The molecule has 30 heavy (non-hydrogen) atoms. The molecule has 0 aliphatic carbocycles. The number of amides is 1. The summed E-state index contributed by atoms with van der Waals surface area (Å²) in [6, 6.07) is 22.7. The third kappa shape index (κ3) is 6.09. The Morgan fingerprint density at radius 3 is 2.27 bits per heavy atom. The average Bonchev–Trinajstić information content (AvgIpc) is 2.74. The minimum absolute atomic E-state index is 0.125. The zero-order valence-corrected chi connectivity index (χ0v) is 17.5. The molecule has 0 saturated carbocycles. The number of carbonyl (C=O) groups excluding carboxylic acids is 1. The molecule has 0 unspecified atom stereocenters. The maximum absolute atomic E-state index is 12.6. The molecule has 3 aromatic rings.